The van der Waals surface area contributed by atoms with E-state index in [1.165, 1.54) is 18.7 Å². The third-order valence-corrected chi connectivity index (χ3v) is 9.21. The lowest BCUT2D eigenvalue weighted by Crippen LogP contribution is -2.39. The van der Waals surface area contributed by atoms with E-state index in [2.05, 4.69) is 12.1 Å². The van der Waals surface area contributed by atoms with Crippen molar-refractivity contribution in [2.45, 2.75) is 25.8 Å². The first-order valence-electron chi connectivity index (χ1n) is 15.0. The normalized spacial score (nSPS) is 17.9. The van der Waals surface area contributed by atoms with Crippen molar-refractivity contribution in [1.29, 1.82) is 0 Å². The highest BCUT2D eigenvalue weighted by molar-refractivity contribution is 6.30. The largest absolute Gasteiger partial charge is 0.469 e. The number of anilines is 1. The molecule has 0 aliphatic carbocycles. The van der Waals surface area contributed by atoms with Crippen LogP contribution in [0.25, 0.3) is 28.2 Å². The van der Waals surface area contributed by atoms with E-state index >= 15 is 4.39 Å². The van der Waals surface area contributed by atoms with Gasteiger partial charge < -0.3 is 14.5 Å². The van der Waals surface area contributed by atoms with Crippen molar-refractivity contribution < 1.29 is 18.7 Å². The number of ether oxygens (including phenoxy) is 1. The zero-order chi connectivity index (χ0) is 31.2. The fraction of sp³-hybridized carbons (Fsp3) is 0.257. The Bertz CT molecular complexity index is 1940. The molecule has 2 aromatic heterocycles. The molecule has 0 unspecified atom stereocenters. The van der Waals surface area contributed by atoms with Crippen LogP contribution in [0.2, 0.25) is 5.02 Å². The number of amides is 1. The van der Waals surface area contributed by atoms with Crippen molar-refractivity contribution in [3.8, 4) is 22.5 Å². The van der Waals surface area contributed by atoms with Crippen LogP contribution in [0.4, 0.5) is 10.1 Å². The van der Waals surface area contributed by atoms with E-state index in [0.717, 1.165) is 17.5 Å². The fourth-order valence-corrected chi connectivity index (χ4v) is 6.63. The van der Waals surface area contributed by atoms with Gasteiger partial charge in [-0.2, -0.15) is 5.10 Å². The van der Waals surface area contributed by atoms with E-state index in [1.54, 1.807) is 34.8 Å². The Hall–Kier alpha value is -4.76. The first-order valence-corrected chi connectivity index (χ1v) is 15.4. The summed E-state index contributed by atoms with van der Waals surface area (Å²) < 4.78 is 22.2. The van der Waals surface area contributed by atoms with E-state index in [-0.39, 0.29) is 29.5 Å². The average molecular weight is 624 g/mol. The zero-order valence-corrected chi connectivity index (χ0v) is 25.7. The Balaban J connectivity index is 1.26. The van der Waals surface area contributed by atoms with Crippen LogP contribution in [-0.2, 0) is 16.0 Å². The van der Waals surface area contributed by atoms with Gasteiger partial charge in [-0.05, 0) is 67.3 Å². The van der Waals surface area contributed by atoms with Crippen molar-refractivity contribution in [2.24, 2.45) is 5.92 Å². The van der Waals surface area contributed by atoms with Gasteiger partial charge in [0.05, 0.1) is 30.5 Å². The number of hydrogen-bond acceptors (Lipinski definition) is 6. The summed E-state index contributed by atoms with van der Waals surface area (Å²) in [6, 6.07) is 23.8. The SMILES string of the molecule is COC(=O)[C@H]1CCN(c2ccc(-c3cc4nc(C(=O)N5CCc6ccccc6[C@H]5C)cc(-c5ccc(Cl)cc5)n4n3)c(F)c2)C1. The number of carbonyl (C=O) groups is 2. The quantitative estimate of drug-likeness (QED) is 0.205. The fourth-order valence-electron chi connectivity index (χ4n) is 6.50. The molecule has 1 amide bonds. The van der Waals surface area contributed by atoms with Gasteiger partial charge in [-0.1, -0.05) is 48.0 Å². The number of methoxy groups -OCH3 is 1. The number of rotatable bonds is 5. The predicted octanol–water partition coefficient (Wildman–Crippen LogP) is 6.61. The van der Waals surface area contributed by atoms with Crippen LogP contribution < -0.4 is 4.90 Å². The molecule has 228 valence electrons. The summed E-state index contributed by atoms with van der Waals surface area (Å²) in [7, 11) is 1.38. The summed E-state index contributed by atoms with van der Waals surface area (Å²) >= 11 is 6.19. The number of halogens is 2. The van der Waals surface area contributed by atoms with E-state index in [0.29, 0.717) is 59.4 Å². The van der Waals surface area contributed by atoms with Gasteiger partial charge in [-0.3, -0.25) is 9.59 Å². The summed E-state index contributed by atoms with van der Waals surface area (Å²) in [5, 5.41) is 5.34. The van der Waals surface area contributed by atoms with Gasteiger partial charge in [0.15, 0.2) is 5.65 Å². The highest BCUT2D eigenvalue weighted by Gasteiger charge is 2.31. The smallest absolute Gasteiger partial charge is 0.310 e. The maximum Gasteiger partial charge on any atom is 0.310 e. The number of benzene rings is 3. The molecule has 1 fully saturated rings. The van der Waals surface area contributed by atoms with Crippen LogP contribution >= 0.6 is 11.6 Å². The molecule has 8 nitrogen and oxygen atoms in total. The molecule has 45 heavy (non-hydrogen) atoms. The molecular weight excluding hydrogens is 593 g/mol. The molecule has 2 aliphatic heterocycles. The van der Waals surface area contributed by atoms with Gasteiger partial charge in [0.25, 0.3) is 5.91 Å². The molecule has 0 bridgehead atoms. The second-order valence-electron chi connectivity index (χ2n) is 11.6. The Morgan fingerprint density at radius 1 is 1.00 bits per heavy atom. The summed E-state index contributed by atoms with van der Waals surface area (Å²) in [6.07, 6.45) is 1.43. The highest BCUT2D eigenvalue weighted by Crippen LogP contribution is 2.33. The number of carbonyl (C=O) groups excluding carboxylic acids is 2. The second-order valence-corrected chi connectivity index (χ2v) is 12.0. The van der Waals surface area contributed by atoms with Crippen molar-refractivity contribution in [2.75, 3.05) is 31.6 Å². The lowest BCUT2D eigenvalue weighted by molar-refractivity contribution is -0.144. The Morgan fingerprint density at radius 3 is 2.58 bits per heavy atom. The third-order valence-electron chi connectivity index (χ3n) is 8.96. The van der Waals surface area contributed by atoms with Gasteiger partial charge in [0.2, 0.25) is 0 Å². The van der Waals surface area contributed by atoms with E-state index in [1.807, 2.05) is 47.1 Å². The number of nitrogens with zero attached hydrogens (tertiary/aromatic N) is 5. The minimum Gasteiger partial charge on any atom is -0.469 e. The topological polar surface area (TPSA) is 80.0 Å². The van der Waals surface area contributed by atoms with Gasteiger partial charge in [0, 0.05) is 47.5 Å². The standard InChI is InChI=1S/C35H31ClFN5O3/c1-21-27-6-4-3-5-22(27)14-16-41(21)34(43)31-18-32(23-7-9-25(36)10-8-23)42-33(38-31)19-30(39-42)28-12-11-26(17-29(28)37)40-15-13-24(20-40)35(44)45-2/h3-12,17-19,21,24H,13-16,20H2,1-2H3/t21-,24+/m1/s1. The van der Waals surface area contributed by atoms with Gasteiger partial charge in [0.1, 0.15) is 11.5 Å². The maximum atomic E-state index is 15.7. The first-order chi connectivity index (χ1) is 21.8. The Labute approximate surface area is 265 Å². The second kappa shape index (κ2) is 11.6. The van der Waals surface area contributed by atoms with E-state index < -0.39 is 5.82 Å². The molecule has 0 radical (unpaired) electrons. The number of fused-ring (bicyclic) bond motifs is 2. The molecular formula is C35H31ClFN5O3. The third kappa shape index (κ3) is 5.31. The van der Waals surface area contributed by atoms with Crippen molar-refractivity contribution in [1.82, 2.24) is 19.5 Å². The van der Waals surface area contributed by atoms with Crippen LogP contribution in [0, 0.1) is 11.7 Å². The Kier molecular flexibility index (Phi) is 7.49. The molecule has 0 N–H and O–H groups in total. The van der Waals surface area contributed by atoms with Gasteiger partial charge in [-0.15, -0.1) is 0 Å². The van der Waals surface area contributed by atoms with Crippen LogP contribution in [0.5, 0.6) is 0 Å². The molecule has 7 rings (SSSR count). The molecule has 2 aliphatic rings. The van der Waals surface area contributed by atoms with Crippen LogP contribution in [0.1, 0.15) is 41.0 Å². The summed E-state index contributed by atoms with van der Waals surface area (Å²) in [5.74, 6) is -1.10. The van der Waals surface area contributed by atoms with Crippen molar-refractivity contribution >= 4 is 34.8 Å². The molecule has 1 saturated heterocycles. The molecule has 2 atom stereocenters. The van der Waals surface area contributed by atoms with E-state index in [9.17, 15) is 9.59 Å². The lowest BCUT2D eigenvalue weighted by atomic mass is 9.93. The van der Waals surface area contributed by atoms with Gasteiger partial charge in [-0.25, -0.2) is 13.9 Å². The summed E-state index contributed by atoms with van der Waals surface area (Å²) in [4.78, 5) is 34.6. The van der Waals surface area contributed by atoms with Crippen LogP contribution in [0.3, 0.4) is 0 Å². The molecule has 4 heterocycles. The number of aromatic nitrogens is 3. The summed E-state index contributed by atoms with van der Waals surface area (Å²) in [6.45, 7) is 3.74. The van der Waals surface area contributed by atoms with Crippen LogP contribution in [0.15, 0.2) is 78.9 Å². The molecule has 5 aromatic rings. The van der Waals surface area contributed by atoms with Gasteiger partial charge >= 0.3 is 5.97 Å². The zero-order valence-electron chi connectivity index (χ0n) is 24.9. The van der Waals surface area contributed by atoms with Crippen molar-refractivity contribution in [3.63, 3.8) is 0 Å². The monoisotopic (exact) mass is 623 g/mol. The Morgan fingerprint density at radius 2 is 1.80 bits per heavy atom. The summed E-state index contributed by atoms with van der Waals surface area (Å²) in [5.41, 5.74) is 5.92. The molecule has 3 aromatic carbocycles. The minimum absolute atomic E-state index is 0.106. The maximum absolute atomic E-state index is 15.7. The van der Waals surface area contributed by atoms with Crippen molar-refractivity contribution in [3.05, 3.63) is 107 Å². The van der Waals surface area contributed by atoms with E-state index in [4.69, 9.17) is 26.4 Å². The lowest BCUT2D eigenvalue weighted by Gasteiger charge is -2.35. The molecule has 10 heteroatoms. The number of hydrogen-bond donors (Lipinski definition) is 0. The number of esters is 1. The average Bonchev–Trinajstić information content (AvgIpc) is 3.72. The highest BCUT2D eigenvalue weighted by atomic mass is 35.5. The first kappa shape index (κ1) is 29.0. The minimum atomic E-state index is -0.442. The predicted molar refractivity (Wildman–Crippen MR) is 171 cm³/mol. The molecule has 0 spiro atoms. The van der Waals surface area contributed by atoms with Crippen LogP contribution in [-0.4, -0.2) is 58.1 Å². The molecule has 0 saturated carbocycles.